The van der Waals surface area contributed by atoms with Gasteiger partial charge in [0.05, 0.1) is 14.2 Å². The van der Waals surface area contributed by atoms with E-state index in [1.165, 1.54) is 18.7 Å². The van der Waals surface area contributed by atoms with Gasteiger partial charge in [-0.1, -0.05) is 5.16 Å². The van der Waals surface area contributed by atoms with Gasteiger partial charge in [0.1, 0.15) is 18.1 Å². The third-order valence-electron chi connectivity index (χ3n) is 3.66. The second-order valence-electron chi connectivity index (χ2n) is 5.49. The van der Waals surface area contributed by atoms with Gasteiger partial charge in [0.2, 0.25) is 11.7 Å². The van der Waals surface area contributed by atoms with E-state index in [2.05, 4.69) is 30.7 Å². The van der Waals surface area contributed by atoms with Crippen molar-refractivity contribution in [1.29, 1.82) is 0 Å². The molecular formula is C16H15N7O4. The van der Waals surface area contributed by atoms with Gasteiger partial charge in [-0.25, -0.2) is 0 Å². The predicted octanol–water partition coefficient (Wildman–Crippen LogP) is 1.47. The van der Waals surface area contributed by atoms with Crippen LogP contribution in [0.3, 0.4) is 0 Å². The average Bonchev–Trinajstić information content (AvgIpc) is 3.31. The molecule has 4 heterocycles. The lowest BCUT2D eigenvalue weighted by atomic mass is 10.3. The molecule has 0 aliphatic carbocycles. The van der Waals surface area contributed by atoms with Gasteiger partial charge in [-0.05, 0) is 13.0 Å². The Morgan fingerprint density at radius 3 is 2.59 bits per heavy atom. The number of fused-ring (bicyclic) bond motifs is 1. The Bertz CT molecular complexity index is 1070. The molecule has 11 nitrogen and oxygen atoms in total. The van der Waals surface area contributed by atoms with Crippen LogP contribution in [-0.2, 0) is 6.61 Å². The fourth-order valence-electron chi connectivity index (χ4n) is 2.35. The van der Waals surface area contributed by atoms with Crippen molar-refractivity contribution in [3.8, 4) is 29.0 Å². The number of nitrogens with zero attached hydrogens (tertiary/aromatic N) is 7. The number of ether oxygens (including phenoxy) is 3. The molecule has 4 aromatic heterocycles. The molecular weight excluding hydrogens is 354 g/mol. The quantitative estimate of drug-likeness (QED) is 0.493. The molecule has 27 heavy (non-hydrogen) atoms. The summed E-state index contributed by atoms with van der Waals surface area (Å²) >= 11 is 0. The average molecular weight is 369 g/mol. The highest BCUT2D eigenvalue weighted by Crippen LogP contribution is 2.28. The van der Waals surface area contributed by atoms with Gasteiger partial charge in [0, 0.05) is 18.2 Å². The van der Waals surface area contributed by atoms with Crippen molar-refractivity contribution < 1.29 is 18.7 Å². The van der Waals surface area contributed by atoms with Crippen LogP contribution in [0.15, 0.2) is 28.8 Å². The van der Waals surface area contributed by atoms with Gasteiger partial charge in [-0.15, -0.1) is 25.5 Å². The minimum absolute atomic E-state index is 0.145. The zero-order valence-electron chi connectivity index (χ0n) is 14.8. The minimum atomic E-state index is 0.145. The second kappa shape index (κ2) is 6.86. The largest absolute Gasteiger partial charge is 0.491 e. The highest BCUT2D eigenvalue weighted by Gasteiger charge is 2.17. The van der Waals surface area contributed by atoms with Crippen molar-refractivity contribution in [2.45, 2.75) is 13.5 Å². The zero-order chi connectivity index (χ0) is 18.8. The summed E-state index contributed by atoms with van der Waals surface area (Å²) in [7, 11) is 3.04. The van der Waals surface area contributed by atoms with Crippen molar-refractivity contribution in [3.05, 3.63) is 35.7 Å². The van der Waals surface area contributed by atoms with Gasteiger partial charge in [-0.3, -0.25) is 0 Å². The Hall–Kier alpha value is -3.76. The molecule has 0 unspecified atom stereocenters. The number of hydrogen-bond acceptors (Lipinski definition) is 10. The first kappa shape index (κ1) is 16.7. The van der Waals surface area contributed by atoms with Crippen LogP contribution in [0.4, 0.5) is 0 Å². The predicted molar refractivity (Wildman–Crippen MR) is 90.5 cm³/mol. The number of hydrogen-bond donors (Lipinski definition) is 0. The van der Waals surface area contributed by atoms with E-state index < -0.39 is 0 Å². The highest BCUT2D eigenvalue weighted by molar-refractivity contribution is 5.56. The van der Waals surface area contributed by atoms with E-state index in [1.807, 2.05) is 0 Å². The third-order valence-corrected chi connectivity index (χ3v) is 3.66. The summed E-state index contributed by atoms with van der Waals surface area (Å²) in [5.41, 5.74) is 1.61. The van der Waals surface area contributed by atoms with Crippen molar-refractivity contribution in [2.24, 2.45) is 0 Å². The van der Waals surface area contributed by atoms with E-state index in [0.717, 1.165) is 0 Å². The van der Waals surface area contributed by atoms with E-state index >= 15 is 0 Å². The van der Waals surface area contributed by atoms with Crippen molar-refractivity contribution >= 4 is 5.65 Å². The first-order valence-corrected chi connectivity index (χ1v) is 7.91. The number of methoxy groups -OCH3 is 2. The monoisotopic (exact) mass is 369 g/mol. The van der Waals surface area contributed by atoms with Gasteiger partial charge < -0.3 is 18.7 Å². The lowest BCUT2D eigenvalue weighted by Crippen LogP contribution is -2.06. The molecule has 0 bridgehead atoms. The standard InChI is InChI=1S/C16H15N7O4/c1-9-6-11(22-27-9)15-20-18-13-7-12(24-2)16(21-23(13)15)26-8-10-4-5-14(25-3)19-17-10/h4-7H,8H2,1-3H3. The first-order valence-electron chi connectivity index (χ1n) is 7.91. The Labute approximate surface area is 152 Å². The molecule has 0 N–H and O–H groups in total. The molecule has 4 rings (SSSR count). The minimum Gasteiger partial charge on any atom is -0.491 e. The van der Waals surface area contributed by atoms with Crippen LogP contribution in [-0.4, -0.2) is 49.4 Å². The summed E-state index contributed by atoms with van der Waals surface area (Å²) in [6, 6.07) is 6.87. The molecule has 0 atom stereocenters. The van der Waals surface area contributed by atoms with Crippen molar-refractivity contribution in [1.82, 2.24) is 35.2 Å². The van der Waals surface area contributed by atoms with Gasteiger partial charge in [0.25, 0.3) is 5.88 Å². The van der Waals surface area contributed by atoms with E-state index in [-0.39, 0.29) is 12.5 Å². The lowest BCUT2D eigenvalue weighted by Gasteiger charge is -2.09. The van der Waals surface area contributed by atoms with Crippen LogP contribution in [0.1, 0.15) is 11.5 Å². The molecule has 4 aromatic rings. The van der Waals surface area contributed by atoms with Gasteiger partial charge in [-0.2, -0.15) is 4.52 Å². The second-order valence-corrected chi connectivity index (χ2v) is 5.49. The normalized spacial score (nSPS) is 10.9. The Morgan fingerprint density at radius 2 is 1.93 bits per heavy atom. The summed E-state index contributed by atoms with van der Waals surface area (Å²) in [4.78, 5) is 0. The Kier molecular flexibility index (Phi) is 4.24. The molecule has 0 aromatic carbocycles. The van der Waals surface area contributed by atoms with Gasteiger partial charge >= 0.3 is 0 Å². The molecule has 0 aliphatic heterocycles. The highest BCUT2D eigenvalue weighted by atomic mass is 16.5. The van der Waals surface area contributed by atoms with Crippen LogP contribution >= 0.6 is 0 Å². The number of aryl methyl sites for hydroxylation is 1. The summed E-state index contributed by atoms with van der Waals surface area (Å²) < 4.78 is 22.7. The maximum Gasteiger partial charge on any atom is 0.275 e. The fourth-order valence-corrected chi connectivity index (χ4v) is 2.35. The number of rotatable bonds is 6. The molecule has 0 fully saturated rings. The van der Waals surface area contributed by atoms with Crippen LogP contribution < -0.4 is 14.2 Å². The summed E-state index contributed by atoms with van der Waals surface area (Å²) in [6.07, 6.45) is 0. The van der Waals surface area contributed by atoms with E-state index in [4.69, 9.17) is 18.7 Å². The molecule has 0 saturated carbocycles. The zero-order valence-corrected chi connectivity index (χ0v) is 14.8. The molecule has 0 spiro atoms. The van der Waals surface area contributed by atoms with E-state index in [1.54, 1.807) is 31.2 Å². The lowest BCUT2D eigenvalue weighted by molar-refractivity contribution is 0.262. The fraction of sp³-hybridized carbons (Fsp3) is 0.250. The SMILES string of the molecule is COc1ccc(COc2nn3c(-c4cc(C)on4)nnc3cc2OC)nn1. The smallest absolute Gasteiger partial charge is 0.275 e. The first-order chi connectivity index (χ1) is 13.2. The molecule has 11 heteroatoms. The van der Waals surface area contributed by atoms with Crippen LogP contribution in [0, 0.1) is 6.92 Å². The maximum atomic E-state index is 5.76. The Balaban J connectivity index is 1.66. The topological polar surface area (TPSA) is 123 Å². The van der Waals surface area contributed by atoms with Crippen LogP contribution in [0.5, 0.6) is 17.5 Å². The van der Waals surface area contributed by atoms with Crippen molar-refractivity contribution in [2.75, 3.05) is 14.2 Å². The van der Waals surface area contributed by atoms with Gasteiger partial charge in [0.15, 0.2) is 17.1 Å². The van der Waals surface area contributed by atoms with E-state index in [0.29, 0.717) is 40.2 Å². The summed E-state index contributed by atoms with van der Waals surface area (Å²) in [6.45, 7) is 1.94. The van der Waals surface area contributed by atoms with Crippen LogP contribution in [0.2, 0.25) is 0 Å². The maximum absolute atomic E-state index is 5.76. The summed E-state index contributed by atoms with van der Waals surface area (Å²) in [5.74, 6) is 2.18. The third kappa shape index (κ3) is 3.21. The Morgan fingerprint density at radius 1 is 1.04 bits per heavy atom. The molecule has 0 radical (unpaired) electrons. The van der Waals surface area contributed by atoms with Crippen LogP contribution in [0.25, 0.3) is 17.2 Å². The number of aromatic nitrogens is 7. The molecule has 0 amide bonds. The summed E-state index contributed by atoms with van der Waals surface area (Å²) in [5, 5.41) is 24.5. The molecule has 138 valence electrons. The molecule has 0 saturated heterocycles. The van der Waals surface area contributed by atoms with E-state index in [9.17, 15) is 0 Å². The van der Waals surface area contributed by atoms with Crippen molar-refractivity contribution in [3.63, 3.8) is 0 Å². The molecule has 0 aliphatic rings.